The van der Waals surface area contributed by atoms with Crippen LogP contribution in [-0.2, 0) is 28.7 Å². The van der Waals surface area contributed by atoms with E-state index in [1.165, 1.54) is 0 Å². The highest BCUT2D eigenvalue weighted by atomic mass is 79.9. The van der Waals surface area contributed by atoms with Crippen LogP contribution >= 0.6 is 15.9 Å². The lowest BCUT2D eigenvalue weighted by Crippen LogP contribution is -2.67. The largest absolute Gasteiger partial charge is 0.463 e. The average Bonchev–Trinajstić information content (AvgIpc) is 3.34. The van der Waals surface area contributed by atoms with Crippen molar-refractivity contribution in [3.63, 3.8) is 0 Å². The minimum Gasteiger partial charge on any atom is -0.463 e. The summed E-state index contributed by atoms with van der Waals surface area (Å²) >= 11 is 3.79. The minimum atomic E-state index is -1.46. The summed E-state index contributed by atoms with van der Waals surface area (Å²) < 4.78 is 4.00. The summed E-state index contributed by atoms with van der Waals surface area (Å²) in [4.78, 5) is 72.8. The van der Waals surface area contributed by atoms with Crippen LogP contribution in [-0.4, -0.2) is 40.5 Å². The van der Waals surface area contributed by atoms with E-state index in [-0.39, 0.29) is 12.2 Å². The van der Waals surface area contributed by atoms with E-state index >= 15 is 0 Å². The second-order valence-electron chi connectivity index (χ2n) is 11.4. The van der Waals surface area contributed by atoms with Gasteiger partial charge in [-0.05, 0) is 57.5 Å². The Hall–Kier alpha value is -3.59. The molecule has 2 saturated heterocycles. The molecule has 8 nitrogen and oxygen atoms in total. The van der Waals surface area contributed by atoms with E-state index in [4.69, 9.17) is 4.74 Å². The van der Waals surface area contributed by atoms with E-state index < -0.39 is 63.0 Å². The zero-order chi connectivity index (χ0) is 28.9. The zero-order valence-electron chi connectivity index (χ0n) is 22.9. The maximum Gasteiger partial charge on any atom is 0.334 e. The number of benzene rings is 2. The summed E-state index contributed by atoms with van der Waals surface area (Å²) in [7, 11) is 0. The molecule has 2 heterocycles. The molecule has 9 heteroatoms. The Kier molecular flexibility index (Phi) is 5.79. The fourth-order valence-electron chi connectivity index (χ4n) is 7.63. The van der Waals surface area contributed by atoms with Crippen molar-refractivity contribution in [2.45, 2.75) is 38.9 Å². The predicted octanol–water partition coefficient (Wildman–Crippen LogP) is 4.26. The number of halogens is 1. The Morgan fingerprint density at radius 2 is 1.12 bits per heavy atom. The Labute approximate surface area is 240 Å². The number of hydrogen-bond donors (Lipinski definition) is 0. The third kappa shape index (κ3) is 3.09. The van der Waals surface area contributed by atoms with Crippen LogP contribution in [0.2, 0.25) is 0 Å². The van der Waals surface area contributed by atoms with E-state index in [9.17, 15) is 24.0 Å². The van der Waals surface area contributed by atoms with Crippen LogP contribution in [0.25, 0.3) is 0 Å². The second-order valence-corrected chi connectivity index (χ2v) is 12.7. The zero-order valence-corrected chi connectivity index (χ0v) is 24.4. The quantitative estimate of drug-likeness (QED) is 0.294. The fraction of sp³-hybridized carbons (Fsp3) is 0.387. The minimum absolute atomic E-state index is 0.0912. The monoisotopic (exact) mass is 604 g/mol. The molecule has 4 amide bonds. The van der Waals surface area contributed by atoms with Gasteiger partial charge in [0.1, 0.15) is 0 Å². The topological polar surface area (TPSA) is 101 Å². The van der Waals surface area contributed by atoms with Gasteiger partial charge >= 0.3 is 5.97 Å². The number of hydrogen-bond acceptors (Lipinski definition) is 6. The van der Waals surface area contributed by atoms with Crippen LogP contribution in [0.1, 0.15) is 31.9 Å². The number of carbonyl (C=O) groups excluding carboxylic acids is 5. The standard InChI is InChI=1S/C31H29BrN2O6/c1-6-40-29(39)20-17(4)31(32)23-21(25(35)33(27(23)37)18-11-7-15(2)8-12-18)30(20,5)22-24(31)28(38)34(26(22)36)19-13-9-16(3)10-14-19/h7-14,21-24H,6H2,1-5H3/t21-,22-,23+,24+,30?,31?/m1/s1. The Balaban J connectivity index is 1.58. The number of amides is 4. The van der Waals surface area contributed by atoms with Crippen molar-refractivity contribution in [2.75, 3.05) is 16.4 Å². The molecule has 5 aliphatic rings. The molecule has 7 rings (SSSR count). The van der Waals surface area contributed by atoms with Crippen LogP contribution in [0.5, 0.6) is 0 Å². The van der Waals surface area contributed by atoms with E-state index in [0.29, 0.717) is 16.9 Å². The molecule has 0 unspecified atom stereocenters. The van der Waals surface area contributed by atoms with Gasteiger partial charge in [-0.1, -0.05) is 58.2 Å². The lowest BCUT2D eigenvalue weighted by atomic mass is 9.43. The third-order valence-electron chi connectivity index (χ3n) is 9.36. The number of imide groups is 2. The van der Waals surface area contributed by atoms with Gasteiger partial charge in [0, 0.05) is 11.0 Å². The van der Waals surface area contributed by atoms with E-state index in [0.717, 1.165) is 20.9 Å². The number of rotatable bonds is 4. The maximum atomic E-state index is 14.3. The Bertz CT molecular complexity index is 1450. The van der Waals surface area contributed by atoms with Gasteiger partial charge in [-0.2, -0.15) is 0 Å². The molecule has 0 N–H and O–H groups in total. The summed E-state index contributed by atoms with van der Waals surface area (Å²) in [6.45, 7) is 8.96. The van der Waals surface area contributed by atoms with E-state index in [2.05, 4.69) is 15.9 Å². The molecule has 2 aromatic rings. The van der Waals surface area contributed by atoms with Gasteiger partial charge in [-0.15, -0.1) is 0 Å². The van der Waals surface area contributed by atoms with Gasteiger partial charge in [0.25, 0.3) is 0 Å². The van der Waals surface area contributed by atoms with Crippen molar-refractivity contribution in [3.05, 3.63) is 70.8 Å². The number of esters is 1. The van der Waals surface area contributed by atoms with E-state index in [1.54, 1.807) is 45.0 Å². The predicted molar refractivity (Wildman–Crippen MR) is 150 cm³/mol. The van der Waals surface area contributed by atoms with Crippen LogP contribution in [0.3, 0.4) is 0 Å². The molecule has 3 fully saturated rings. The van der Waals surface area contributed by atoms with Crippen LogP contribution in [0.4, 0.5) is 11.4 Å². The van der Waals surface area contributed by atoms with Crippen LogP contribution in [0.15, 0.2) is 59.7 Å². The summed E-state index contributed by atoms with van der Waals surface area (Å²) in [6, 6.07) is 14.1. The second kappa shape index (κ2) is 8.70. The Morgan fingerprint density at radius 1 is 0.750 bits per heavy atom. The number of aryl methyl sites for hydroxylation is 2. The smallest absolute Gasteiger partial charge is 0.334 e. The molecule has 206 valence electrons. The van der Waals surface area contributed by atoms with Crippen molar-refractivity contribution in [3.8, 4) is 0 Å². The molecule has 40 heavy (non-hydrogen) atoms. The van der Waals surface area contributed by atoms with Gasteiger partial charge in [-0.25, -0.2) is 14.6 Å². The van der Waals surface area contributed by atoms with Gasteiger partial charge in [-0.3, -0.25) is 19.2 Å². The van der Waals surface area contributed by atoms with Crippen molar-refractivity contribution in [1.82, 2.24) is 0 Å². The number of anilines is 2. The molecular weight excluding hydrogens is 576 g/mol. The maximum absolute atomic E-state index is 14.3. The van der Waals surface area contributed by atoms with Crippen LogP contribution < -0.4 is 9.80 Å². The van der Waals surface area contributed by atoms with Gasteiger partial charge < -0.3 is 4.74 Å². The molecule has 0 spiro atoms. The highest BCUT2D eigenvalue weighted by Gasteiger charge is 2.81. The van der Waals surface area contributed by atoms with Crippen molar-refractivity contribution in [2.24, 2.45) is 29.1 Å². The number of alkyl halides is 1. The first-order valence-corrected chi connectivity index (χ1v) is 14.2. The first kappa shape index (κ1) is 26.6. The SMILES string of the molecule is CCOC(=O)C1=C(C)C2(Br)[C@@H]3C(=O)N(c4ccc(C)cc4)C(=O)[C@@H]3C1(C)[C@H]1C(=O)N(c3ccc(C)cc3)C(=O)[C@H]12. The summed E-state index contributed by atoms with van der Waals surface area (Å²) in [5.41, 5.74) is 1.94. The highest BCUT2D eigenvalue weighted by molar-refractivity contribution is 9.10. The van der Waals surface area contributed by atoms with E-state index in [1.807, 2.05) is 38.1 Å². The lowest BCUT2D eigenvalue weighted by molar-refractivity contribution is -0.152. The fourth-order valence-corrected chi connectivity index (χ4v) is 8.75. The van der Waals surface area contributed by atoms with Crippen molar-refractivity contribution in [1.29, 1.82) is 0 Å². The number of nitrogens with zero attached hydrogens (tertiary/aromatic N) is 2. The average molecular weight is 605 g/mol. The molecule has 0 radical (unpaired) electrons. The highest BCUT2D eigenvalue weighted by Crippen LogP contribution is 2.72. The van der Waals surface area contributed by atoms with Crippen LogP contribution in [0, 0.1) is 42.9 Å². The Morgan fingerprint density at radius 3 is 1.50 bits per heavy atom. The molecule has 4 atom stereocenters. The summed E-state index contributed by atoms with van der Waals surface area (Å²) in [6.07, 6.45) is 0. The molecule has 3 aliphatic carbocycles. The number of carbonyl (C=O) groups is 5. The van der Waals surface area contributed by atoms with Crippen molar-refractivity contribution < 1.29 is 28.7 Å². The molecule has 2 aromatic carbocycles. The first-order chi connectivity index (χ1) is 18.9. The molecule has 2 bridgehead atoms. The normalized spacial score (nSPS) is 32.6. The first-order valence-electron chi connectivity index (χ1n) is 13.4. The molecule has 0 aromatic heterocycles. The van der Waals surface area contributed by atoms with Gasteiger partial charge in [0.15, 0.2) is 0 Å². The summed E-state index contributed by atoms with van der Waals surface area (Å²) in [5.74, 6) is -6.67. The lowest BCUT2D eigenvalue weighted by Gasteiger charge is -2.59. The third-order valence-corrected chi connectivity index (χ3v) is 10.9. The molecular formula is C31H29BrN2O6. The number of allylic oxidation sites excluding steroid dienone is 1. The van der Waals surface area contributed by atoms with Gasteiger partial charge in [0.05, 0.1) is 46.0 Å². The van der Waals surface area contributed by atoms with Gasteiger partial charge in [0.2, 0.25) is 23.6 Å². The molecule has 1 saturated carbocycles. The van der Waals surface area contributed by atoms with Crippen molar-refractivity contribution >= 4 is 56.9 Å². The molecule has 2 aliphatic heterocycles. The summed E-state index contributed by atoms with van der Waals surface area (Å²) in [5, 5.41) is 0. The number of ether oxygens (including phenoxy) is 1.